The second-order valence-electron chi connectivity index (χ2n) is 4.18. The van der Waals surface area contributed by atoms with Crippen molar-refractivity contribution in [2.45, 2.75) is 27.7 Å². The van der Waals surface area contributed by atoms with Crippen LogP contribution < -0.4 is 5.73 Å². The average molecular weight is 249 g/mol. The minimum absolute atomic E-state index is 0.124. The number of allylic oxidation sites excluding steroid dienone is 1. The molecule has 1 rings (SSSR count). The number of amides is 1. The summed E-state index contributed by atoms with van der Waals surface area (Å²) in [6, 6.07) is 1.16. The van der Waals surface area contributed by atoms with Gasteiger partial charge in [-0.25, -0.2) is 4.39 Å². The fourth-order valence-corrected chi connectivity index (χ4v) is 1.77. The van der Waals surface area contributed by atoms with Crippen LogP contribution >= 0.6 is 0 Å². The van der Waals surface area contributed by atoms with Crippen LogP contribution in [0.2, 0.25) is 0 Å². The Morgan fingerprint density at radius 3 is 2.17 bits per heavy atom. The number of nitrogens with two attached hydrogens (primary N) is 1. The maximum absolute atomic E-state index is 13.7. The van der Waals surface area contributed by atoms with E-state index in [-0.39, 0.29) is 11.1 Å². The van der Waals surface area contributed by atoms with Crippen LogP contribution in [0.4, 0.5) is 4.39 Å². The van der Waals surface area contributed by atoms with Crippen LogP contribution in [-0.2, 0) is 4.79 Å². The van der Waals surface area contributed by atoms with Gasteiger partial charge in [-0.05, 0) is 50.5 Å². The standard InChI is InChI=1S/C14H16FNO2/c1-5-10(14(16)18)13(17)11-6-12(15)9(4)7(2)8(11)3/h5-6H,1-4H3,(H2,16,18)/b10-5+. The Kier molecular flexibility index (Phi) is 4.01. The van der Waals surface area contributed by atoms with Gasteiger partial charge in [0.25, 0.3) is 5.91 Å². The molecule has 0 aliphatic heterocycles. The predicted molar refractivity (Wildman–Crippen MR) is 67.9 cm³/mol. The van der Waals surface area contributed by atoms with Crippen molar-refractivity contribution in [3.63, 3.8) is 0 Å². The molecule has 0 radical (unpaired) electrons. The fraction of sp³-hybridized carbons (Fsp3) is 0.286. The highest BCUT2D eigenvalue weighted by molar-refractivity contribution is 6.25. The van der Waals surface area contributed by atoms with Gasteiger partial charge >= 0.3 is 0 Å². The van der Waals surface area contributed by atoms with Crippen LogP contribution in [0.5, 0.6) is 0 Å². The third kappa shape index (κ3) is 2.32. The molecule has 0 aromatic heterocycles. The van der Waals surface area contributed by atoms with E-state index >= 15 is 0 Å². The number of halogens is 1. The molecule has 1 amide bonds. The van der Waals surface area contributed by atoms with Gasteiger partial charge in [0.05, 0.1) is 5.57 Å². The van der Waals surface area contributed by atoms with Crippen molar-refractivity contribution < 1.29 is 14.0 Å². The maximum atomic E-state index is 13.7. The molecular weight excluding hydrogens is 233 g/mol. The van der Waals surface area contributed by atoms with Crippen LogP contribution in [-0.4, -0.2) is 11.7 Å². The minimum Gasteiger partial charge on any atom is -0.365 e. The van der Waals surface area contributed by atoms with Crippen LogP contribution in [0.3, 0.4) is 0 Å². The van der Waals surface area contributed by atoms with E-state index in [0.717, 1.165) is 6.07 Å². The van der Waals surface area contributed by atoms with Gasteiger partial charge in [-0.3, -0.25) is 9.59 Å². The molecule has 0 fully saturated rings. The Bertz CT molecular complexity index is 559. The van der Waals surface area contributed by atoms with Gasteiger partial charge < -0.3 is 5.73 Å². The summed E-state index contributed by atoms with van der Waals surface area (Å²) in [5.41, 5.74) is 7.06. The van der Waals surface area contributed by atoms with Gasteiger partial charge in [0.2, 0.25) is 0 Å². The molecule has 0 unspecified atom stereocenters. The lowest BCUT2D eigenvalue weighted by Gasteiger charge is -2.12. The van der Waals surface area contributed by atoms with Crippen LogP contribution in [0.15, 0.2) is 17.7 Å². The Morgan fingerprint density at radius 2 is 1.72 bits per heavy atom. The zero-order chi connectivity index (χ0) is 14.0. The number of carbonyl (C=O) groups excluding carboxylic acids is 2. The molecule has 0 spiro atoms. The molecule has 0 saturated heterocycles. The van der Waals surface area contributed by atoms with E-state index in [9.17, 15) is 14.0 Å². The Hall–Kier alpha value is -1.97. The predicted octanol–water partition coefficient (Wildman–Crippen LogP) is 2.37. The number of benzene rings is 1. The summed E-state index contributed by atoms with van der Waals surface area (Å²) in [7, 11) is 0. The van der Waals surface area contributed by atoms with E-state index in [1.54, 1.807) is 27.7 Å². The Morgan fingerprint density at radius 1 is 1.17 bits per heavy atom. The van der Waals surface area contributed by atoms with Crippen molar-refractivity contribution in [1.82, 2.24) is 0 Å². The summed E-state index contributed by atoms with van der Waals surface area (Å²) in [5, 5.41) is 0. The van der Waals surface area contributed by atoms with E-state index in [2.05, 4.69) is 0 Å². The summed E-state index contributed by atoms with van der Waals surface area (Å²) < 4.78 is 13.7. The highest BCUT2D eigenvalue weighted by atomic mass is 19.1. The first kappa shape index (κ1) is 14.1. The monoisotopic (exact) mass is 249 g/mol. The van der Waals surface area contributed by atoms with Crippen LogP contribution in [0.1, 0.15) is 34.0 Å². The molecule has 0 aliphatic carbocycles. The van der Waals surface area contributed by atoms with Crippen molar-refractivity contribution in [2.24, 2.45) is 5.73 Å². The normalized spacial score (nSPS) is 11.5. The van der Waals surface area contributed by atoms with Gasteiger partial charge in [-0.2, -0.15) is 0 Å². The molecule has 1 aromatic rings. The van der Waals surface area contributed by atoms with Gasteiger partial charge in [-0.1, -0.05) is 6.08 Å². The third-order valence-corrected chi connectivity index (χ3v) is 3.20. The smallest absolute Gasteiger partial charge is 0.252 e. The molecule has 18 heavy (non-hydrogen) atoms. The molecule has 1 aromatic carbocycles. The van der Waals surface area contributed by atoms with Crippen molar-refractivity contribution in [1.29, 1.82) is 0 Å². The molecule has 0 bridgehead atoms. The lowest BCUT2D eigenvalue weighted by molar-refractivity contribution is -0.114. The number of hydrogen-bond acceptors (Lipinski definition) is 2. The molecule has 0 saturated carbocycles. The van der Waals surface area contributed by atoms with Crippen LogP contribution in [0, 0.1) is 26.6 Å². The molecule has 96 valence electrons. The largest absolute Gasteiger partial charge is 0.365 e. The van der Waals surface area contributed by atoms with E-state index in [1.165, 1.54) is 6.08 Å². The highest BCUT2D eigenvalue weighted by Crippen LogP contribution is 2.22. The SMILES string of the molecule is C/C=C(/C(N)=O)C(=O)c1cc(F)c(C)c(C)c1C. The minimum atomic E-state index is -0.805. The Balaban J connectivity index is 3.44. The van der Waals surface area contributed by atoms with Crippen molar-refractivity contribution in [3.8, 4) is 0 Å². The molecule has 0 aliphatic rings. The van der Waals surface area contributed by atoms with E-state index in [0.29, 0.717) is 16.7 Å². The van der Waals surface area contributed by atoms with E-state index < -0.39 is 17.5 Å². The average Bonchev–Trinajstić information content (AvgIpc) is 2.31. The first-order chi connectivity index (χ1) is 8.31. The third-order valence-electron chi connectivity index (χ3n) is 3.20. The second kappa shape index (κ2) is 5.12. The molecule has 2 N–H and O–H groups in total. The molecule has 3 nitrogen and oxygen atoms in total. The van der Waals surface area contributed by atoms with Crippen LogP contribution in [0.25, 0.3) is 0 Å². The topological polar surface area (TPSA) is 60.2 Å². The number of hydrogen-bond donors (Lipinski definition) is 1. The number of rotatable bonds is 3. The van der Waals surface area contributed by atoms with E-state index in [4.69, 9.17) is 5.73 Å². The van der Waals surface area contributed by atoms with Crippen molar-refractivity contribution >= 4 is 11.7 Å². The zero-order valence-electron chi connectivity index (χ0n) is 10.9. The number of Topliss-reactive ketones (excluding diaryl/α,β-unsaturated/α-hetero) is 1. The maximum Gasteiger partial charge on any atom is 0.252 e. The molecule has 0 heterocycles. The second-order valence-corrected chi connectivity index (χ2v) is 4.18. The number of primary amides is 1. The summed E-state index contributed by atoms with van der Waals surface area (Å²) in [6.07, 6.45) is 1.34. The number of ketones is 1. The van der Waals surface area contributed by atoms with Gasteiger partial charge in [-0.15, -0.1) is 0 Å². The summed E-state index contributed by atoms with van der Waals surface area (Å²) in [6.45, 7) is 6.66. The van der Waals surface area contributed by atoms with Gasteiger partial charge in [0, 0.05) is 5.56 Å². The zero-order valence-corrected chi connectivity index (χ0v) is 10.9. The molecular formula is C14H16FNO2. The van der Waals surface area contributed by atoms with E-state index in [1.807, 2.05) is 0 Å². The number of carbonyl (C=O) groups is 2. The van der Waals surface area contributed by atoms with Gasteiger partial charge in [0.1, 0.15) is 5.82 Å². The van der Waals surface area contributed by atoms with Gasteiger partial charge in [0.15, 0.2) is 5.78 Å². The lowest BCUT2D eigenvalue weighted by atomic mass is 9.92. The first-order valence-electron chi connectivity index (χ1n) is 5.58. The van der Waals surface area contributed by atoms with Crippen molar-refractivity contribution in [3.05, 3.63) is 45.8 Å². The lowest BCUT2D eigenvalue weighted by Crippen LogP contribution is -2.21. The summed E-state index contributed by atoms with van der Waals surface area (Å²) in [4.78, 5) is 23.3. The Labute approximate surface area is 105 Å². The molecule has 4 heteroatoms. The summed E-state index contributed by atoms with van der Waals surface area (Å²) >= 11 is 0. The fourth-order valence-electron chi connectivity index (χ4n) is 1.77. The molecule has 0 atom stereocenters. The summed E-state index contributed by atoms with van der Waals surface area (Å²) in [5.74, 6) is -1.80. The quantitative estimate of drug-likeness (QED) is 0.387. The highest BCUT2D eigenvalue weighted by Gasteiger charge is 2.21. The van der Waals surface area contributed by atoms with Crippen molar-refractivity contribution in [2.75, 3.05) is 0 Å². The first-order valence-corrected chi connectivity index (χ1v) is 5.58.